The average Bonchev–Trinajstić information content (AvgIpc) is 2.22. The second-order valence-corrected chi connectivity index (χ2v) is 6.68. The predicted octanol–water partition coefficient (Wildman–Crippen LogP) is 5.20. The van der Waals surface area contributed by atoms with Crippen molar-refractivity contribution in [1.82, 2.24) is 0 Å². The van der Waals surface area contributed by atoms with Crippen LogP contribution >= 0.6 is 0 Å². The summed E-state index contributed by atoms with van der Waals surface area (Å²) in [5, 5.41) is 0. The number of fused-ring (bicyclic) bond motifs is 1. The summed E-state index contributed by atoms with van der Waals surface area (Å²) in [4.78, 5) is 0. The predicted molar refractivity (Wildman–Crippen MR) is 71.4 cm³/mol. The lowest BCUT2D eigenvalue weighted by molar-refractivity contribution is 0.0577. The lowest BCUT2D eigenvalue weighted by atomic mass is 9.56. The lowest BCUT2D eigenvalue weighted by Gasteiger charge is -2.49. The molecule has 2 aliphatic carbocycles. The minimum atomic E-state index is 0.593. The Morgan fingerprint density at radius 1 is 1.25 bits per heavy atom. The van der Waals surface area contributed by atoms with E-state index < -0.39 is 0 Å². The molecule has 3 atom stereocenters. The highest BCUT2D eigenvalue weighted by Gasteiger charge is 2.43. The van der Waals surface area contributed by atoms with Crippen molar-refractivity contribution in [3.05, 3.63) is 11.6 Å². The van der Waals surface area contributed by atoms with Gasteiger partial charge in [0.05, 0.1) is 0 Å². The van der Waals surface area contributed by atoms with Gasteiger partial charge in [0, 0.05) is 0 Å². The van der Waals surface area contributed by atoms with E-state index in [0.29, 0.717) is 5.41 Å². The lowest BCUT2D eigenvalue weighted by Crippen LogP contribution is -2.39. The third-order valence-corrected chi connectivity index (χ3v) is 5.17. The summed E-state index contributed by atoms with van der Waals surface area (Å²) in [7, 11) is 0. The summed E-state index contributed by atoms with van der Waals surface area (Å²) < 4.78 is 0. The van der Waals surface area contributed by atoms with Crippen molar-refractivity contribution in [2.75, 3.05) is 0 Å². The van der Waals surface area contributed by atoms with E-state index in [1.807, 2.05) is 5.57 Å². The van der Waals surface area contributed by atoms with Gasteiger partial charge in [-0.25, -0.2) is 0 Å². The first-order valence-electron chi connectivity index (χ1n) is 7.26. The monoisotopic (exact) mass is 220 g/mol. The van der Waals surface area contributed by atoms with Crippen LogP contribution in [0.15, 0.2) is 11.6 Å². The molecule has 92 valence electrons. The normalized spacial score (nSPS) is 40.8. The molecule has 2 rings (SSSR count). The van der Waals surface area contributed by atoms with E-state index in [9.17, 15) is 0 Å². The van der Waals surface area contributed by atoms with Gasteiger partial charge in [0.2, 0.25) is 0 Å². The largest absolute Gasteiger partial charge is 0.0850 e. The van der Waals surface area contributed by atoms with Crippen molar-refractivity contribution in [2.45, 2.75) is 66.2 Å². The van der Waals surface area contributed by atoms with Crippen LogP contribution in [0.1, 0.15) is 66.2 Å². The fraction of sp³-hybridized carbons (Fsp3) is 0.875. The van der Waals surface area contributed by atoms with E-state index in [0.717, 1.165) is 17.8 Å². The Labute approximate surface area is 102 Å². The minimum Gasteiger partial charge on any atom is -0.0850 e. The zero-order valence-corrected chi connectivity index (χ0v) is 11.6. The third-order valence-electron chi connectivity index (χ3n) is 5.17. The van der Waals surface area contributed by atoms with Crippen molar-refractivity contribution in [3.63, 3.8) is 0 Å². The zero-order chi connectivity index (χ0) is 11.8. The quantitative estimate of drug-likeness (QED) is 0.533. The topological polar surface area (TPSA) is 0 Å². The van der Waals surface area contributed by atoms with Crippen molar-refractivity contribution in [2.24, 2.45) is 23.2 Å². The van der Waals surface area contributed by atoms with Crippen molar-refractivity contribution < 1.29 is 0 Å². The Balaban J connectivity index is 2.24. The summed E-state index contributed by atoms with van der Waals surface area (Å²) in [6.45, 7) is 9.74. The van der Waals surface area contributed by atoms with Crippen LogP contribution in [0.2, 0.25) is 0 Å². The van der Waals surface area contributed by atoms with Crippen LogP contribution in [-0.4, -0.2) is 0 Å². The van der Waals surface area contributed by atoms with E-state index in [4.69, 9.17) is 0 Å². The zero-order valence-electron chi connectivity index (χ0n) is 11.6. The molecule has 16 heavy (non-hydrogen) atoms. The molecule has 0 heteroatoms. The van der Waals surface area contributed by atoms with E-state index in [2.05, 4.69) is 33.8 Å². The standard InChI is InChI=1S/C16H28/c1-5-7-13-12(2)9-10-15-14(13)8-6-11-16(15,3)4/h7,12,14-15H,5-6,8-11H2,1-4H3/b13-7+. The molecule has 2 aliphatic rings. The highest BCUT2D eigenvalue weighted by Crippen LogP contribution is 2.53. The average molecular weight is 220 g/mol. The Bertz CT molecular complexity index is 272. The molecule has 0 spiro atoms. The SMILES string of the molecule is CC/C=C1\C(C)CCC2C1CCCC2(C)C. The number of hydrogen-bond acceptors (Lipinski definition) is 0. The van der Waals surface area contributed by atoms with Gasteiger partial charge in [-0.05, 0) is 55.3 Å². The van der Waals surface area contributed by atoms with Gasteiger partial charge in [-0.1, -0.05) is 45.8 Å². The van der Waals surface area contributed by atoms with Crippen molar-refractivity contribution in [1.29, 1.82) is 0 Å². The molecule has 0 N–H and O–H groups in total. The van der Waals surface area contributed by atoms with Crippen LogP contribution in [0.4, 0.5) is 0 Å². The molecule has 0 bridgehead atoms. The Hall–Kier alpha value is -0.260. The molecule has 0 aromatic rings. The molecule has 0 saturated heterocycles. The van der Waals surface area contributed by atoms with Gasteiger partial charge in [0.25, 0.3) is 0 Å². The van der Waals surface area contributed by atoms with Crippen LogP contribution in [-0.2, 0) is 0 Å². The fourth-order valence-electron chi connectivity index (χ4n) is 4.25. The molecular weight excluding hydrogens is 192 g/mol. The molecular formula is C16H28. The molecule has 0 nitrogen and oxygen atoms in total. The Morgan fingerprint density at radius 3 is 2.69 bits per heavy atom. The van der Waals surface area contributed by atoms with Crippen LogP contribution in [0, 0.1) is 23.2 Å². The number of allylic oxidation sites excluding steroid dienone is 2. The summed E-state index contributed by atoms with van der Waals surface area (Å²) in [5.41, 5.74) is 2.40. The maximum absolute atomic E-state index is 2.54. The van der Waals surface area contributed by atoms with Crippen molar-refractivity contribution in [3.8, 4) is 0 Å². The molecule has 0 aliphatic heterocycles. The molecule has 0 amide bonds. The minimum absolute atomic E-state index is 0.593. The van der Waals surface area contributed by atoms with Crippen LogP contribution in [0.25, 0.3) is 0 Å². The molecule has 0 heterocycles. The van der Waals surface area contributed by atoms with Gasteiger partial charge in [0.15, 0.2) is 0 Å². The van der Waals surface area contributed by atoms with E-state index in [1.54, 1.807) is 0 Å². The second-order valence-electron chi connectivity index (χ2n) is 6.68. The molecule has 0 radical (unpaired) electrons. The molecule has 2 fully saturated rings. The third kappa shape index (κ3) is 2.08. The number of rotatable bonds is 1. The van der Waals surface area contributed by atoms with Crippen LogP contribution in [0.3, 0.4) is 0 Å². The summed E-state index contributed by atoms with van der Waals surface area (Å²) in [6, 6.07) is 0. The Kier molecular flexibility index (Phi) is 3.47. The van der Waals surface area contributed by atoms with Gasteiger partial charge in [0.1, 0.15) is 0 Å². The molecule has 0 aromatic carbocycles. The molecule has 3 unspecified atom stereocenters. The van der Waals surface area contributed by atoms with E-state index in [1.165, 1.54) is 38.5 Å². The van der Waals surface area contributed by atoms with Crippen LogP contribution < -0.4 is 0 Å². The maximum atomic E-state index is 2.54. The Morgan fingerprint density at radius 2 is 2.00 bits per heavy atom. The van der Waals surface area contributed by atoms with Gasteiger partial charge < -0.3 is 0 Å². The second kappa shape index (κ2) is 4.55. The van der Waals surface area contributed by atoms with Gasteiger partial charge in [-0.15, -0.1) is 0 Å². The van der Waals surface area contributed by atoms with Crippen LogP contribution in [0.5, 0.6) is 0 Å². The molecule has 0 aromatic heterocycles. The van der Waals surface area contributed by atoms with Crippen molar-refractivity contribution >= 4 is 0 Å². The van der Waals surface area contributed by atoms with Gasteiger partial charge in [-0.3, -0.25) is 0 Å². The first-order chi connectivity index (χ1) is 7.56. The highest BCUT2D eigenvalue weighted by atomic mass is 14.5. The first-order valence-corrected chi connectivity index (χ1v) is 7.26. The van der Waals surface area contributed by atoms with Gasteiger partial charge >= 0.3 is 0 Å². The summed E-state index contributed by atoms with van der Waals surface area (Å²) >= 11 is 0. The summed E-state index contributed by atoms with van der Waals surface area (Å²) in [6.07, 6.45) is 11.0. The highest BCUT2D eigenvalue weighted by molar-refractivity contribution is 5.17. The maximum Gasteiger partial charge on any atom is -0.0167 e. The first kappa shape index (κ1) is 12.2. The van der Waals surface area contributed by atoms with E-state index >= 15 is 0 Å². The van der Waals surface area contributed by atoms with E-state index in [-0.39, 0.29) is 0 Å². The molecule has 2 saturated carbocycles. The smallest absolute Gasteiger partial charge is 0.0167 e. The van der Waals surface area contributed by atoms with Gasteiger partial charge in [-0.2, -0.15) is 0 Å². The summed E-state index contributed by atoms with van der Waals surface area (Å²) in [5.74, 6) is 2.75. The number of hydrogen-bond donors (Lipinski definition) is 0. The fourth-order valence-corrected chi connectivity index (χ4v) is 4.25.